The Bertz CT molecular complexity index is 4070. The van der Waals surface area contributed by atoms with E-state index in [4.69, 9.17) is 4.42 Å². The minimum atomic E-state index is 0.00398. The molecule has 5 aliphatic rings. The van der Waals surface area contributed by atoms with Gasteiger partial charge in [-0.2, -0.15) is 0 Å². The fourth-order valence-electron chi connectivity index (χ4n) is 15.5. The van der Waals surface area contributed by atoms with Crippen LogP contribution in [0.15, 0.2) is 120 Å². The molecule has 0 radical (unpaired) electrons. The number of hydrogen-bond acceptors (Lipinski definition) is 4. The number of aryl methyl sites for hydroxylation is 1. The Hall–Kier alpha value is -6.04. The molecule has 7 aromatic carbocycles. The summed E-state index contributed by atoms with van der Waals surface area (Å²) in [7, 11) is 0. The maximum atomic E-state index is 6.71. The van der Waals surface area contributed by atoms with E-state index in [2.05, 4.69) is 247 Å². The van der Waals surface area contributed by atoms with Crippen molar-refractivity contribution in [2.75, 3.05) is 9.80 Å². The Morgan fingerprint density at radius 2 is 1.05 bits per heavy atom. The normalized spacial score (nSPS) is 19.7. The van der Waals surface area contributed by atoms with Crippen molar-refractivity contribution in [2.24, 2.45) is 0 Å². The van der Waals surface area contributed by atoms with Crippen molar-refractivity contribution in [1.82, 2.24) is 0 Å². The van der Waals surface area contributed by atoms with Gasteiger partial charge < -0.3 is 14.2 Å². The highest BCUT2D eigenvalue weighted by molar-refractivity contribution is 7.33. The molecule has 0 spiro atoms. The summed E-state index contributed by atoms with van der Waals surface area (Å²) in [5.41, 5.74) is 27.4. The molecule has 5 heteroatoms. The topological polar surface area (TPSA) is 19.6 Å². The average molecular weight is 1060 g/mol. The van der Waals surface area contributed by atoms with Gasteiger partial charge in [0.15, 0.2) is 0 Å². The molecule has 0 saturated carbocycles. The van der Waals surface area contributed by atoms with E-state index in [1.54, 1.807) is 0 Å². The first-order valence-corrected chi connectivity index (χ1v) is 30.7. The Morgan fingerprint density at radius 1 is 0.519 bits per heavy atom. The lowest BCUT2D eigenvalue weighted by Gasteiger charge is -2.47. The molecule has 402 valence electrons. The van der Waals surface area contributed by atoms with E-state index in [0.29, 0.717) is 0 Å². The molecule has 2 aromatic heterocycles. The van der Waals surface area contributed by atoms with Crippen LogP contribution >= 0.6 is 11.3 Å². The highest BCUT2D eigenvalue weighted by atomic mass is 32.1. The van der Waals surface area contributed by atoms with Crippen LogP contribution in [0.1, 0.15) is 192 Å². The SMILES string of the molecule is Cc1cc2c3c(c1)N(c1ccc4oc5ccc(C(C)(C)C)cc5c4c1)c1c(sc4cc5c(cc14)C(C)(C)CCC5(C)C)B3c1cc3c(cc1N2Cc1cc2c(cc1-c1ccccc1)C(C)(C)CCC2(C)C)C(C)(C)CCC3(C)C. The zero-order valence-electron chi connectivity index (χ0n) is 50.2. The fraction of sp³-hybridized carbons (Fsp3) is 0.405. The van der Waals surface area contributed by atoms with E-state index in [1.165, 1.54) is 165 Å². The summed E-state index contributed by atoms with van der Waals surface area (Å²) in [5.74, 6) is 0. The Kier molecular flexibility index (Phi) is 10.7. The van der Waals surface area contributed by atoms with Crippen molar-refractivity contribution >= 4 is 94.2 Å². The highest BCUT2D eigenvalue weighted by Crippen LogP contribution is 2.55. The van der Waals surface area contributed by atoms with Gasteiger partial charge >= 0.3 is 0 Å². The number of furan rings is 1. The predicted octanol–water partition coefficient (Wildman–Crippen LogP) is 19.1. The minimum Gasteiger partial charge on any atom is -0.456 e. The third-order valence-electron chi connectivity index (χ3n) is 20.9. The molecular formula is C74H81BN2OS. The van der Waals surface area contributed by atoms with Gasteiger partial charge in [-0.05, 0) is 222 Å². The number of anilines is 5. The molecule has 0 saturated heterocycles. The molecule has 2 aliphatic heterocycles. The molecular weight excluding hydrogens is 976 g/mol. The van der Waals surface area contributed by atoms with E-state index >= 15 is 0 Å². The van der Waals surface area contributed by atoms with Gasteiger partial charge in [0.25, 0.3) is 6.71 Å². The van der Waals surface area contributed by atoms with Gasteiger partial charge in [-0.15, -0.1) is 11.3 Å². The Labute approximate surface area is 475 Å². The number of thiophene rings is 1. The second kappa shape index (κ2) is 16.6. The summed E-state index contributed by atoms with van der Waals surface area (Å²) in [6.45, 7) is 40.0. The van der Waals surface area contributed by atoms with Gasteiger partial charge in [-0.25, -0.2) is 0 Å². The standard InChI is InChI=1S/C74H81BN2OS/c1-43-32-60-65-61(33-43)77(47-23-25-63-50(36-47)49-35-46(68(2,3)4)22-24-62(49)78-63)66-51-38-54-57(74(15,16)31-28-71(54,9)10)41-64(51)79-67(66)75(65)58-39-55-56(73(13,14)30-29-72(55,11)12)40-59(58)76(60)42-45-34-52-53(70(7,8)27-26-69(52,5)6)37-48(45)44-20-18-17-19-21-44/h17-25,32-41H,26-31,42H2,1-16H3. The molecule has 0 atom stereocenters. The number of fused-ring (bicyclic) bond motifs is 12. The van der Waals surface area contributed by atoms with Crippen molar-refractivity contribution in [3.05, 3.63) is 165 Å². The molecule has 9 aromatic rings. The third kappa shape index (κ3) is 7.62. The molecule has 79 heavy (non-hydrogen) atoms. The van der Waals surface area contributed by atoms with Crippen molar-refractivity contribution in [1.29, 1.82) is 0 Å². The number of benzene rings is 7. The zero-order chi connectivity index (χ0) is 55.5. The largest absolute Gasteiger partial charge is 0.456 e. The van der Waals surface area contributed by atoms with Gasteiger partial charge in [-0.3, -0.25) is 0 Å². The first-order valence-electron chi connectivity index (χ1n) is 29.8. The zero-order valence-corrected chi connectivity index (χ0v) is 51.0. The molecule has 3 aliphatic carbocycles. The van der Waals surface area contributed by atoms with Crippen LogP contribution in [0.2, 0.25) is 0 Å². The first-order chi connectivity index (χ1) is 37.1. The van der Waals surface area contributed by atoms with Crippen molar-refractivity contribution in [3.63, 3.8) is 0 Å². The molecule has 0 amide bonds. The van der Waals surface area contributed by atoms with Crippen LogP contribution in [-0.4, -0.2) is 6.71 Å². The van der Waals surface area contributed by atoms with Crippen LogP contribution in [0.3, 0.4) is 0 Å². The molecule has 0 N–H and O–H groups in total. The fourth-order valence-corrected chi connectivity index (χ4v) is 16.8. The second-order valence-corrected chi connectivity index (χ2v) is 31.3. The molecule has 3 nitrogen and oxygen atoms in total. The van der Waals surface area contributed by atoms with E-state index in [1.807, 2.05) is 0 Å². The molecule has 0 bridgehead atoms. The number of rotatable bonds is 4. The third-order valence-corrected chi connectivity index (χ3v) is 22.1. The van der Waals surface area contributed by atoms with Crippen LogP contribution in [0.4, 0.5) is 28.4 Å². The van der Waals surface area contributed by atoms with Gasteiger partial charge in [0.05, 0.1) is 5.69 Å². The van der Waals surface area contributed by atoms with E-state index < -0.39 is 0 Å². The summed E-state index contributed by atoms with van der Waals surface area (Å²) < 4.78 is 9.55. The second-order valence-electron chi connectivity index (χ2n) is 30.2. The molecule has 4 heterocycles. The summed E-state index contributed by atoms with van der Waals surface area (Å²) in [5, 5.41) is 3.72. The maximum absolute atomic E-state index is 6.71. The van der Waals surface area contributed by atoms with Crippen LogP contribution in [-0.2, 0) is 44.4 Å². The lowest BCUT2D eigenvalue weighted by Crippen LogP contribution is -2.61. The minimum absolute atomic E-state index is 0.00398. The summed E-state index contributed by atoms with van der Waals surface area (Å²) in [6, 6.07) is 46.3. The van der Waals surface area contributed by atoms with Gasteiger partial charge in [-0.1, -0.05) is 152 Å². The number of nitrogens with zero attached hydrogens (tertiary/aromatic N) is 2. The lowest BCUT2D eigenvalue weighted by atomic mass is 9.35. The van der Waals surface area contributed by atoms with Crippen molar-refractivity contribution in [3.8, 4) is 11.1 Å². The maximum Gasteiger partial charge on any atom is 0.264 e. The Balaban J connectivity index is 1.09. The van der Waals surface area contributed by atoms with Crippen LogP contribution in [0.25, 0.3) is 43.2 Å². The van der Waals surface area contributed by atoms with Crippen LogP contribution < -0.4 is 25.5 Å². The van der Waals surface area contributed by atoms with Crippen molar-refractivity contribution in [2.45, 2.75) is 194 Å². The van der Waals surface area contributed by atoms with E-state index in [-0.39, 0.29) is 44.6 Å². The van der Waals surface area contributed by atoms with Crippen LogP contribution in [0.5, 0.6) is 0 Å². The first kappa shape index (κ1) is 51.1. The smallest absolute Gasteiger partial charge is 0.264 e. The molecule has 0 fully saturated rings. The number of hydrogen-bond donors (Lipinski definition) is 0. The van der Waals surface area contributed by atoms with E-state index in [9.17, 15) is 0 Å². The summed E-state index contributed by atoms with van der Waals surface area (Å²) in [4.78, 5) is 5.51. The van der Waals surface area contributed by atoms with Gasteiger partial charge in [0, 0.05) is 54.9 Å². The predicted molar refractivity (Wildman–Crippen MR) is 342 cm³/mol. The average Bonchev–Trinajstić information content (AvgIpc) is 2.78. The van der Waals surface area contributed by atoms with Crippen molar-refractivity contribution < 1.29 is 4.42 Å². The van der Waals surface area contributed by atoms with E-state index in [0.717, 1.165) is 17.7 Å². The monoisotopic (exact) mass is 1060 g/mol. The summed E-state index contributed by atoms with van der Waals surface area (Å²) in [6.07, 6.45) is 7.07. The summed E-state index contributed by atoms with van der Waals surface area (Å²) >= 11 is 2.07. The van der Waals surface area contributed by atoms with Crippen LogP contribution in [0, 0.1) is 6.92 Å². The Morgan fingerprint density at radius 3 is 1.67 bits per heavy atom. The van der Waals surface area contributed by atoms with Gasteiger partial charge in [0.2, 0.25) is 0 Å². The van der Waals surface area contributed by atoms with Gasteiger partial charge in [0.1, 0.15) is 11.2 Å². The quantitative estimate of drug-likeness (QED) is 0.164. The molecule has 14 rings (SSSR count). The molecule has 0 unspecified atom stereocenters. The lowest BCUT2D eigenvalue weighted by molar-refractivity contribution is 0.331. The highest BCUT2D eigenvalue weighted by Gasteiger charge is 2.49.